The van der Waals surface area contributed by atoms with Gasteiger partial charge in [0.2, 0.25) is 5.91 Å². The molecule has 4 amide bonds. The Hall–Kier alpha value is -5.09. The number of rotatable bonds is 11. The molecule has 2 atom stereocenters. The van der Waals surface area contributed by atoms with E-state index in [0.717, 1.165) is 51.0 Å². The first-order chi connectivity index (χ1) is 21.7. The van der Waals surface area contributed by atoms with Crippen molar-refractivity contribution in [3.63, 3.8) is 0 Å². The van der Waals surface area contributed by atoms with Gasteiger partial charge in [0.15, 0.2) is 17.3 Å². The number of aromatic nitrogens is 6. The Bertz CT molecular complexity index is 1530. The van der Waals surface area contributed by atoms with Crippen molar-refractivity contribution in [3.8, 4) is 0 Å². The molecule has 7 N–H and O–H groups in total. The maximum Gasteiger partial charge on any atom is 0.343 e. The lowest BCUT2D eigenvalue weighted by Gasteiger charge is -2.33. The molecular formula is C28H37N11O6. The molecule has 2 saturated carbocycles. The van der Waals surface area contributed by atoms with Crippen LogP contribution in [0.5, 0.6) is 0 Å². The van der Waals surface area contributed by atoms with Crippen molar-refractivity contribution in [2.75, 3.05) is 10.6 Å². The number of nitro groups is 1. The number of aromatic amines is 3. The van der Waals surface area contributed by atoms with Crippen LogP contribution in [0.1, 0.15) is 103 Å². The van der Waals surface area contributed by atoms with Gasteiger partial charge in [0.1, 0.15) is 17.4 Å². The molecule has 0 aliphatic heterocycles. The average Bonchev–Trinajstić information content (AvgIpc) is 3.82. The van der Waals surface area contributed by atoms with Crippen molar-refractivity contribution in [2.45, 2.75) is 83.2 Å². The molecule has 17 nitrogen and oxygen atoms in total. The highest BCUT2D eigenvalue weighted by Crippen LogP contribution is 2.29. The number of nitrogens with zero attached hydrogens (tertiary/aromatic N) is 4. The van der Waals surface area contributed by atoms with Gasteiger partial charge in [-0.05, 0) is 49.4 Å². The molecule has 3 aromatic rings. The molecule has 0 saturated heterocycles. The first kappa shape index (κ1) is 31.3. The van der Waals surface area contributed by atoms with Crippen LogP contribution in [0.25, 0.3) is 0 Å². The smallest absolute Gasteiger partial charge is 0.343 e. The van der Waals surface area contributed by atoms with Crippen LogP contribution in [-0.4, -0.2) is 71.2 Å². The van der Waals surface area contributed by atoms with Gasteiger partial charge in [-0.25, -0.2) is 0 Å². The van der Waals surface area contributed by atoms with Crippen LogP contribution in [-0.2, 0) is 4.79 Å². The zero-order valence-corrected chi connectivity index (χ0v) is 24.9. The molecule has 0 bridgehead atoms. The largest absolute Gasteiger partial charge is 0.358 e. The third-order valence-corrected chi connectivity index (χ3v) is 8.54. The predicted octanol–water partition coefficient (Wildman–Crippen LogP) is 3.03. The molecule has 3 heterocycles. The molecule has 2 fully saturated rings. The van der Waals surface area contributed by atoms with Gasteiger partial charge < -0.3 is 31.4 Å². The van der Waals surface area contributed by atoms with E-state index in [1.165, 1.54) is 31.4 Å². The fourth-order valence-corrected chi connectivity index (χ4v) is 6.04. The Kier molecular flexibility index (Phi) is 9.84. The molecule has 0 unspecified atom stereocenters. The SMILES string of the molecule is C[C@@H](NC(=O)[C@@H](NC(=O)c1cc(NC(=O)c2cc(NC(=O)c3cc([N+](=O)[O-])[nH]n3)n[nH]2)n[nH]1)C1CCCCC1)C1CCCCC1. The standard InChI is InChI=1S/C28H37N11O6/c1-15(16-8-4-2-5-9-16)29-28(43)24(17-10-6-3-7-11-17)32-27(42)19-13-22(37-34-19)30-25(40)18-12-21(36-33-18)31-26(41)20-14-23(38-35-20)39(44)45/h12-17,24H,2-11H2,1H3,(H,29,43)(H,32,42)(H,35,38)(H2,30,34,37,40)(H2,31,33,36,41)/t15-,24+/m1/s1. The van der Waals surface area contributed by atoms with Crippen molar-refractivity contribution in [1.82, 2.24) is 41.2 Å². The van der Waals surface area contributed by atoms with Crippen molar-refractivity contribution >= 4 is 41.1 Å². The van der Waals surface area contributed by atoms with Crippen molar-refractivity contribution in [1.29, 1.82) is 0 Å². The highest BCUT2D eigenvalue weighted by atomic mass is 16.6. The second-order valence-electron chi connectivity index (χ2n) is 11.7. The third-order valence-electron chi connectivity index (χ3n) is 8.54. The van der Waals surface area contributed by atoms with Gasteiger partial charge in [-0.2, -0.15) is 10.2 Å². The molecule has 17 heteroatoms. The maximum absolute atomic E-state index is 13.5. The van der Waals surface area contributed by atoms with Crippen LogP contribution in [0.4, 0.5) is 17.5 Å². The van der Waals surface area contributed by atoms with E-state index in [0.29, 0.717) is 5.92 Å². The number of nitrogens with one attached hydrogen (secondary N) is 7. The molecule has 5 rings (SSSR count). The lowest BCUT2D eigenvalue weighted by Crippen LogP contribution is -2.54. The zero-order valence-electron chi connectivity index (χ0n) is 24.9. The van der Waals surface area contributed by atoms with Crippen molar-refractivity contribution < 1.29 is 24.1 Å². The maximum atomic E-state index is 13.5. The summed E-state index contributed by atoms with van der Waals surface area (Å²) in [5.74, 6) is -2.07. The van der Waals surface area contributed by atoms with Crippen LogP contribution in [0.2, 0.25) is 0 Å². The van der Waals surface area contributed by atoms with E-state index in [-0.39, 0.29) is 46.6 Å². The Balaban J connectivity index is 1.18. The predicted molar refractivity (Wildman–Crippen MR) is 160 cm³/mol. The van der Waals surface area contributed by atoms with Crippen molar-refractivity contribution in [2.24, 2.45) is 11.8 Å². The second-order valence-corrected chi connectivity index (χ2v) is 11.7. The molecule has 45 heavy (non-hydrogen) atoms. The Morgan fingerprint density at radius 1 is 0.756 bits per heavy atom. The normalized spacial score (nSPS) is 17.2. The molecule has 2 aliphatic rings. The van der Waals surface area contributed by atoms with Crippen LogP contribution < -0.4 is 21.3 Å². The lowest BCUT2D eigenvalue weighted by atomic mass is 9.82. The van der Waals surface area contributed by atoms with Gasteiger partial charge in [-0.1, -0.05) is 43.6 Å². The minimum atomic E-state index is -0.774. The summed E-state index contributed by atoms with van der Waals surface area (Å²) in [7, 11) is 0. The fraction of sp³-hybridized carbons (Fsp3) is 0.536. The number of H-pyrrole nitrogens is 3. The van der Waals surface area contributed by atoms with Gasteiger partial charge in [-0.3, -0.25) is 29.4 Å². The van der Waals surface area contributed by atoms with E-state index in [4.69, 9.17) is 0 Å². The highest BCUT2D eigenvalue weighted by Gasteiger charge is 2.33. The van der Waals surface area contributed by atoms with Crippen molar-refractivity contribution in [3.05, 3.63) is 45.4 Å². The number of hydrogen-bond donors (Lipinski definition) is 7. The van der Waals surface area contributed by atoms with E-state index in [9.17, 15) is 29.3 Å². The molecular weight excluding hydrogens is 586 g/mol. The van der Waals surface area contributed by atoms with E-state index in [1.807, 2.05) is 6.92 Å². The number of amides is 4. The average molecular weight is 624 g/mol. The Morgan fingerprint density at radius 2 is 1.31 bits per heavy atom. The highest BCUT2D eigenvalue weighted by molar-refractivity contribution is 6.06. The third kappa shape index (κ3) is 7.90. The van der Waals surface area contributed by atoms with Crippen LogP contribution >= 0.6 is 0 Å². The van der Waals surface area contributed by atoms with E-state index < -0.39 is 34.5 Å². The molecule has 3 aromatic heterocycles. The van der Waals surface area contributed by atoms with E-state index in [1.54, 1.807) is 0 Å². The summed E-state index contributed by atoms with van der Waals surface area (Å²) in [4.78, 5) is 61.8. The summed E-state index contributed by atoms with van der Waals surface area (Å²) in [5, 5.41) is 40.4. The first-order valence-corrected chi connectivity index (χ1v) is 15.2. The summed E-state index contributed by atoms with van der Waals surface area (Å²) in [6.07, 6.45) is 10.6. The minimum Gasteiger partial charge on any atom is -0.358 e. The van der Waals surface area contributed by atoms with Gasteiger partial charge >= 0.3 is 5.82 Å². The van der Waals surface area contributed by atoms with Gasteiger partial charge in [-0.15, -0.1) is 5.10 Å². The molecule has 2 aliphatic carbocycles. The molecule has 0 radical (unpaired) electrons. The second kappa shape index (κ2) is 14.1. The number of hydrogen-bond acceptors (Lipinski definition) is 9. The van der Waals surface area contributed by atoms with E-state index in [2.05, 4.69) is 51.9 Å². The zero-order chi connectivity index (χ0) is 31.9. The number of carbonyl (C=O) groups is 4. The summed E-state index contributed by atoms with van der Waals surface area (Å²) in [5.41, 5.74) is -0.196. The molecule has 240 valence electrons. The summed E-state index contributed by atoms with van der Waals surface area (Å²) in [6.45, 7) is 2.04. The van der Waals surface area contributed by atoms with Gasteiger partial charge in [0, 0.05) is 18.2 Å². The summed E-state index contributed by atoms with van der Waals surface area (Å²) < 4.78 is 0. The monoisotopic (exact) mass is 623 g/mol. The fourth-order valence-electron chi connectivity index (χ4n) is 6.04. The van der Waals surface area contributed by atoms with Crippen LogP contribution in [0.3, 0.4) is 0 Å². The summed E-state index contributed by atoms with van der Waals surface area (Å²) >= 11 is 0. The summed E-state index contributed by atoms with van der Waals surface area (Å²) in [6, 6.07) is 2.91. The van der Waals surface area contributed by atoms with Gasteiger partial charge in [0.05, 0.1) is 6.07 Å². The van der Waals surface area contributed by atoms with Crippen LogP contribution in [0.15, 0.2) is 18.2 Å². The number of anilines is 2. The Labute approximate surface area is 257 Å². The molecule has 0 spiro atoms. The topological polar surface area (TPSA) is 246 Å². The lowest BCUT2D eigenvalue weighted by molar-refractivity contribution is -0.389. The minimum absolute atomic E-state index is 0.0252. The quantitative estimate of drug-likeness (QED) is 0.122. The first-order valence-electron chi connectivity index (χ1n) is 15.2. The molecule has 0 aromatic carbocycles. The van der Waals surface area contributed by atoms with Crippen LogP contribution in [0, 0.1) is 22.0 Å². The Morgan fingerprint density at radius 3 is 1.89 bits per heavy atom. The number of carbonyl (C=O) groups excluding carboxylic acids is 4. The van der Waals surface area contributed by atoms with Gasteiger partial charge in [0.25, 0.3) is 17.7 Å². The van der Waals surface area contributed by atoms with E-state index >= 15 is 0 Å².